The standard InChI is InChI=1S/C14H16F2N4/c15-7-8-18-14(19-9-17)20-13-6-2-3-10-11(13)4-1-5-12(10)16/h1,4-5,13H,2-3,6-8H2,(H2,18,19,20)/t13-/m1/s1. The third-order valence-corrected chi connectivity index (χ3v) is 3.29. The lowest BCUT2D eigenvalue weighted by atomic mass is 9.87. The SMILES string of the molecule is N#CNC(=NCCF)N[C@@H]1CCCc2c(F)cccc21. The summed E-state index contributed by atoms with van der Waals surface area (Å²) in [4.78, 5) is 3.92. The van der Waals surface area contributed by atoms with Gasteiger partial charge in [-0.15, -0.1) is 0 Å². The van der Waals surface area contributed by atoms with Crippen molar-refractivity contribution < 1.29 is 8.78 Å². The highest BCUT2D eigenvalue weighted by atomic mass is 19.1. The highest BCUT2D eigenvalue weighted by molar-refractivity contribution is 5.81. The van der Waals surface area contributed by atoms with Crippen molar-refractivity contribution in [1.82, 2.24) is 10.6 Å². The number of fused-ring (bicyclic) bond motifs is 1. The van der Waals surface area contributed by atoms with Gasteiger partial charge in [-0.05, 0) is 36.5 Å². The fraction of sp³-hybridized carbons (Fsp3) is 0.429. The molecule has 0 unspecified atom stereocenters. The van der Waals surface area contributed by atoms with Crippen molar-refractivity contribution in [2.75, 3.05) is 13.2 Å². The van der Waals surface area contributed by atoms with E-state index in [1.165, 1.54) is 6.07 Å². The van der Waals surface area contributed by atoms with Gasteiger partial charge in [0.25, 0.3) is 0 Å². The zero-order valence-corrected chi connectivity index (χ0v) is 11.0. The Bertz CT molecular complexity index is 536. The van der Waals surface area contributed by atoms with Crippen LogP contribution in [0.4, 0.5) is 8.78 Å². The van der Waals surface area contributed by atoms with Crippen LogP contribution in [0.5, 0.6) is 0 Å². The Balaban J connectivity index is 2.19. The maximum Gasteiger partial charge on any atom is 0.205 e. The van der Waals surface area contributed by atoms with Gasteiger partial charge in [-0.1, -0.05) is 12.1 Å². The van der Waals surface area contributed by atoms with E-state index in [9.17, 15) is 8.78 Å². The molecule has 1 aliphatic rings. The van der Waals surface area contributed by atoms with E-state index < -0.39 is 6.67 Å². The van der Waals surface area contributed by atoms with Crippen molar-refractivity contribution in [3.8, 4) is 6.19 Å². The van der Waals surface area contributed by atoms with Crippen molar-refractivity contribution in [3.05, 3.63) is 35.1 Å². The summed E-state index contributed by atoms with van der Waals surface area (Å²) in [5.41, 5.74) is 1.59. The first-order valence-corrected chi connectivity index (χ1v) is 6.55. The number of guanidine groups is 1. The minimum absolute atomic E-state index is 0.0141. The lowest BCUT2D eigenvalue weighted by molar-refractivity contribution is 0.491. The zero-order valence-electron chi connectivity index (χ0n) is 11.0. The third kappa shape index (κ3) is 3.23. The second kappa shape index (κ2) is 6.85. The number of hydrogen-bond acceptors (Lipinski definition) is 2. The van der Waals surface area contributed by atoms with Crippen LogP contribution in [0.2, 0.25) is 0 Å². The van der Waals surface area contributed by atoms with Crippen molar-refractivity contribution in [1.29, 1.82) is 5.26 Å². The Kier molecular flexibility index (Phi) is 4.88. The highest BCUT2D eigenvalue weighted by Crippen LogP contribution is 2.31. The molecule has 4 nitrogen and oxygen atoms in total. The maximum absolute atomic E-state index is 13.8. The van der Waals surface area contributed by atoms with E-state index in [2.05, 4.69) is 15.6 Å². The number of benzene rings is 1. The minimum Gasteiger partial charge on any atom is -0.349 e. The van der Waals surface area contributed by atoms with Gasteiger partial charge < -0.3 is 5.32 Å². The van der Waals surface area contributed by atoms with Gasteiger partial charge in [-0.25, -0.2) is 13.8 Å². The summed E-state index contributed by atoms with van der Waals surface area (Å²) in [5.74, 6) is 0.0248. The molecule has 1 aliphatic carbocycles. The van der Waals surface area contributed by atoms with Crippen LogP contribution in [0.3, 0.4) is 0 Å². The Hall–Kier alpha value is -2.16. The average Bonchev–Trinajstić information content (AvgIpc) is 2.46. The summed E-state index contributed by atoms with van der Waals surface area (Å²) in [6, 6.07) is 4.87. The molecule has 1 aromatic carbocycles. The molecule has 0 spiro atoms. The van der Waals surface area contributed by atoms with E-state index in [-0.39, 0.29) is 24.4 Å². The van der Waals surface area contributed by atoms with Gasteiger partial charge in [0.15, 0.2) is 6.19 Å². The van der Waals surface area contributed by atoms with Crippen molar-refractivity contribution >= 4 is 5.96 Å². The zero-order chi connectivity index (χ0) is 14.4. The summed E-state index contributed by atoms with van der Waals surface area (Å²) >= 11 is 0. The largest absolute Gasteiger partial charge is 0.349 e. The van der Waals surface area contributed by atoms with Crippen LogP contribution in [-0.2, 0) is 6.42 Å². The highest BCUT2D eigenvalue weighted by Gasteiger charge is 2.23. The molecule has 20 heavy (non-hydrogen) atoms. The monoisotopic (exact) mass is 278 g/mol. The van der Waals surface area contributed by atoms with E-state index in [1.54, 1.807) is 12.3 Å². The Morgan fingerprint density at radius 1 is 1.50 bits per heavy atom. The predicted octanol–water partition coefficient (Wildman–Crippen LogP) is 2.19. The first-order valence-electron chi connectivity index (χ1n) is 6.55. The first kappa shape index (κ1) is 14.3. The maximum atomic E-state index is 13.8. The predicted molar refractivity (Wildman–Crippen MR) is 72.2 cm³/mol. The summed E-state index contributed by atoms with van der Waals surface area (Å²) in [5, 5.41) is 14.1. The first-order chi connectivity index (χ1) is 9.76. The normalized spacial score (nSPS) is 18.1. The van der Waals surface area contributed by atoms with Crippen molar-refractivity contribution in [2.24, 2.45) is 4.99 Å². The third-order valence-electron chi connectivity index (χ3n) is 3.29. The molecule has 0 radical (unpaired) electrons. The Labute approximate surface area is 116 Å². The lowest BCUT2D eigenvalue weighted by Gasteiger charge is -2.27. The summed E-state index contributed by atoms with van der Waals surface area (Å²) in [6.45, 7) is -0.603. The minimum atomic E-state index is -0.589. The van der Waals surface area contributed by atoms with Gasteiger partial charge in [-0.2, -0.15) is 5.26 Å². The number of nitrogens with one attached hydrogen (secondary N) is 2. The molecular weight excluding hydrogens is 262 g/mol. The van der Waals surface area contributed by atoms with Crippen LogP contribution in [0.25, 0.3) is 0 Å². The van der Waals surface area contributed by atoms with E-state index in [0.29, 0.717) is 12.0 Å². The fourth-order valence-electron chi connectivity index (χ4n) is 2.45. The topological polar surface area (TPSA) is 60.2 Å². The van der Waals surface area contributed by atoms with Crippen molar-refractivity contribution in [2.45, 2.75) is 25.3 Å². The van der Waals surface area contributed by atoms with Crippen LogP contribution >= 0.6 is 0 Å². The number of hydrogen-bond donors (Lipinski definition) is 2. The molecule has 6 heteroatoms. The second-order valence-corrected chi connectivity index (χ2v) is 4.55. The van der Waals surface area contributed by atoms with E-state index in [0.717, 1.165) is 18.4 Å². The molecule has 0 fully saturated rings. The molecule has 2 N–H and O–H groups in total. The molecule has 0 amide bonds. The van der Waals surface area contributed by atoms with Crippen molar-refractivity contribution in [3.63, 3.8) is 0 Å². The molecular formula is C14H16F2N4. The van der Waals surface area contributed by atoms with Gasteiger partial charge in [0.2, 0.25) is 5.96 Å². The van der Waals surface area contributed by atoms with Crippen LogP contribution in [0, 0.1) is 17.3 Å². The van der Waals surface area contributed by atoms with Gasteiger partial charge in [-0.3, -0.25) is 5.32 Å². The van der Waals surface area contributed by atoms with Gasteiger partial charge in [0.05, 0.1) is 12.6 Å². The van der Waals surface area contributed by atoms with Crippen LogP contribution in [-0.4, -0.2) is 19.2 Å². The quantitative estimate of drug-likeness (QED) is 0.385. The molecule has 0 aromatic heterocycles. The molecule has 0 bridgehead atoms. The summed E-state index contributed by atoms with van der Waals surface area (Å²) in [6.07, 6.45) is 4.15. The number of aliphatic imine (C=N–C) groups is 1. The van der Waals surface area contributed by atoms with E-state index in [4.69, 9.17) is 5.26 Å². The Morgan fingerprint density at radius 3 is 3.10 bits per heavy atom. The molecule has 0 saturated carbocycles. The van der Waals surface area contributed by atoms with Crippen LogP contribution < -0.4 is 10.6 Å². The number of rotatable bonds is 3. The summed E-state index contributed by atoms with van der Waals surface area (Å²) < 4.78 is 25.9. The lowest BCUT2D eigenvalue weighted by Crippen LogP contribution is -2.39. The molecule has 2 rings (SSSR count). The average molecular weight is 278 g/mol. The molecule has 0 aliphatic heterocycles. The Morgan fingerprint density at radius 2 is 2.35 bits per heavy atom. The molecule has 0 heterocycles. The second-order valence-electron chi connectivity index (χ2n) is 4.55. The number of alkyl halides is 1. The number of nitriles is 1. The molecule has 0 saturated heterocycles. The van der Waals surface area contributed by atoms with Gasteiger partial charge in [0, 0.05) is 0 Å². The number of nitrogens with zero attached hydrogens (tertiary/aromatic N) is 2. The van der Waals surface area contributed by atoms with E-state index >= 15 is 0 Å². The molecule has 106 valence electrons. The fourth-order valence-corrected chi connectivity index (χ4v) is 2.45. The molecule has 1 aromatic rings. The smallest absolute Gasteiger partial charge is 0.205 e. The van der Waals surface area contributed by atoms with Crippen LogP contribution in [0.1, 0.15) is 30.0 Å². The van der Waals surface area contributed by atoms with E-state index in [1.807, 2.05) is 6.07 Å². The summed E-state index contributed by atoms with van der Waals surface area (Å²) in [7, 11) is 0. The van der Waals surface area contributed by atoms with Gasteiger partial charge in [0.1, 0.15) is 12.5 Å². The van der Waals surface area contributed by atoms with Crippen LogP contribution in [0.15, 0.2) is 23.2 Å². The van der Waals surface area contributed by atoms with Gasteiger partial charge >= 0.3 is 0 Å². The molecule has 1 atom stereocenters. The number of halogens is 2.